The number of hydrogen-bond donors (Lipinski definition) is 1. The summed E-state index contributed by atoms with van der Waals surface area (Å²) < 4.78 is 34.3. The molecule has 0 aromatic heterocycles. The Hall–Kier alpha value is -2.31. The van der Waals surface area contributed by atoms with E-state index in [0.717, 1.165) is 5.56 Å². The van der Waals surface area contributed by atoms with Crippen molar-refractivity contribution in [2.75, 3.05) is 12.4 Å². The van der Waals surface area contributed by atoms with Crippen LogP contribution in [-0.4, -0.2) is 21.4 Å². The molecule has 1 aliphatic heterocycles. The molecule has 1 aliphatic rings. The maximum atomic E-state index is 12.6. The van der Waals surface area contributed by atoms with Gasteiger partial charge in [-0.1, -0.05) is 49.7 Å². The Labute approximate surface area is 164 Å². The second-order valence-corrected chi connectivity index (χ2v) is 8.57. The summed E-state index contributed by atoms with van der Waals surface area (Å²) in [5.41, 5.74) is 2.98. The predicted octanol–water partition coefficient (Wildman–Crippen LogP) is 5.06. The van der Waals surface area contributed by atoms with Gasteiger partial charge < -0.3 is 10.1 Å². The van der Waals surface area contributed by atoms with Gasteiger partial charge in [0.1, 0.15) is 16.5 Å². The summed E-state index contributed by atoms with van der Waals surface area (Å²) in [5.74, 6) is 1.21. The topological polar surface area (TPSA) is 67.8 Å². The van der Waals surface area contributed by atoms with Crippen LogP contribution in [0.5, 0.6) is 5.75 Å². The molecule has 0 aliphatic carbocycles. The highest BCUT2D eigenvalue weighted by Gasteiger charge is 2.31. The van der Waals surface area contributed by atoms with E-state index in [0.29, 0.717) is 39.3 Å². The van der Waals surface area contributed by atoms with Crippen LogP contribution in [0.4, 0.5) is 5.69 Å². The molecule has 1 heterocycles. The molecular formula is C20H21ClN2O3S. The minimum Gasteiger partial charge on any atom is -0.495 e. The zero-order chi connectivity index (χ0) is 19.8. The lowest BCUT2D eigenvalue weighted by Gasteiger charge is -2.10. The Balaban J connectivity index is 1.95. The predicted molar refractivity (Wildman–Crippen MR) is 111 cm³/mol. The first kappa shape index (κ1) is 19.5. The number of anilines is 1. The highest BCUT2D eigenvalue weighted by atomic mass is 35.5. The quantitative estimate of drug-likeness (QED) is 0.773. The number of nitrogens with zero attached hydrogens (tertiary/aromatic N) is 1. The lowest BCUT2D eigenvalue weighted by Crippen LogP contribution is -2.11. The van der Waals surface area contributed by atoms with E-state index in [1.54, 1.807) is 25.1 Å². The molecule has 2 aromatic rings. The van der Waals surface area contributed by atoms with Gasteiger partial charge in [-0.05, 0) is 42.2 Å². The van der Waals surface area contributed by atoms with Crippen LogP contribution in [0.15, 0.2) is 52.4 Å². The van der Waals surface area contributed by atoms with Crippen LogP contribution in [0.2, 0.25) is 5.02 Å². The Kier molecular flexibility index (Phi) is 5.31. The van der Waals surface area contributed by atoms with Crippen LogP contribution in [0.1, 0.15) is 37.8 Å². The summed E-state index contributed by atoms with van der Waals surface area (Å²) in [6.07, 6.45) is 0. The molecule has 2 aromatic carbocycles. The highest BCUT2D eigenvalue weighted by molar-refractivity contribution is 8.00. The molecule has 0 amide bonds. The van der Waals surface area contributed by atoms with Gasteiger partial charge in [-0.3, -0.25) is 0 Å². The second-order valence-electron chi connectivity index (χ2n) is 6.62. The van der Waals surface area contributed by atoms with E-state index in [1.807, 2.05) is 24.3 Å². The largest absolute Gasteiger partial charge is 0.495 e. The fraction of sp³-hybridized carbons (Fsp3) is 0.250. The molecule has 0 unspecified atom stereocenters. The van der Waals surface area contributed by atoms with Crippen molar-refractivity contribution in [3.8, 4) is 5.75 Å². The first-order valence-electron chi connectivity index (χ1n) is 8.50. The zero-order valence-electron chi connectivity index (χ0n) is 15.6. The standard InChI is InChI=1S/C20H21ClN2O3S/c1-12(2)14-5-7-15(8-6-14)19-13(3)20(23-27(19,24)25)22-16-9-10-18(26-4)17(21)11-16/h5-12H,1-4H3,(H,22,23). The monoisotopic (exact) mass is 404 g/mol. The summed E-state index contributed by atoms with van der Waals surface area (Å²) in [4.78, 5) is 0.222. The van der Waals surface area contributed by atoms with Crippen LogP contribution in [0, 0.1) is 0 Å². The molecule has 0 bridgehead atoms. The van der Waals surface area contributed by atoms with Gasteiger partial charge in [0.2, 0.25) is 0 Å². The van der Waals surface area contributed by atoms with E-state index in [2.05, 4.69) is 23.6 Å². The number of methoxy groups -OCH3 is 1. The summed E-state index contributed by atoms with van der Waals surface area (Å²) >= 11 is 6.14. The molecule has 0 spiro atoms. The van der Waals surface area contributed by atoms with E-state index in [1.165, 1.54) is 7.11 Å². The van der Waals surface area contributed by atoms with Crippen molar-refractivity contribution in [1.82, 2.24) is 0 Å². The maximum Gasteiger partial charge on any atom is 0.285 e. The van der Waals surface area contributed by atoms with Crippen LogP contribution in [-0.2, 0) is 10.0 Å². The molecule has 5 nitrogen and oxygen atoms in total. The molecule has 3 rings (SSSR count). The van der Waals surface area contributed by atoms with Gasteiger partial charge in [0, 0.05) is 11.3 Å². The molecule has 0 saturated heterocycles. The summed E-state index contributed by atoms with van der Waals surface area (Å²) in [7, 11) is -2.23. The van der Waals surface area contributed by atoms with Crippen molar-refractivity contribution in [3.05, 3.63) is 64.2 Å². The normalized spacial score (nSPS) is 15.9. The number of nitrogens with one attached hydrogen (secondary N) is 1. The smallest absolute Gasteiger partial charge is 0.285 e. The molecule has 7 heteroatoms. The van der Waals surface area contributed by atoms with Gasteiger partial charge in [0.05, 0.1) is 12.1 Å². The molecule has 27 heavy (non-hydrogen) atoms. The Morgan fingerprint density at radius 3 is 2.33 bits per heavy atom. The minimum atomic E-state index is -3.77. The lowest BCUT2D eigenvalue weighted by molar-refractivity contribution is 0.415. The van der Waals surface area contributed by atoms with Gasteiger partial charge >= 0.3 is 0 Å². The Morgan fingerprint density at radius 1 is 1.11 bits per heavy atom. The third-order valence-electron chi connectivity index (χ3n) is 4.42. The number of amidine groups is 1. The van der Waals surface area contributed by atoms with Gasteiger partial charge in [-0.25, -0.2) is 0 Å². The molecule has 142 valence electrons. The summed E-state index contributed by atoms with van der Waals surface area (Å²) in [5, 5.41) is 3.47. The number of ether oxygens (including phenoxy) is 1. The van der Waals surface area contributed by atoms with E-state index in [4.69, 9.17) is 16.3 Å². The fourth-order valence-corrected chi connectivity index (χ4v) is 4.61. The number of rotatable bonds is 4. The molecular weight excluding hydrogens is 384 g/mol. The van der Waals surface area contributed by atoms with Crippen LogP contribution in [0.3, 0.4) is 0 Å². The summed E-state index contributed by atoms with van der Waals surface area (Å²) in [6, 6.07) is 12.7. The van der Waals surface area contributed by atoms with Crippen molar-refractivity contribution in [2.45, 2.75) is 26.7 Å². The lowest BCUT2D eigenvalue weighted by atomic mass is 10.0. The van der Waals surface area contributed by atoms with Gasteiger partial charge in [-0.2, -0.15) is 8.42 Å². The first-order chi connectivity index (χ1) is 12.7. The number of halogens is 1. The van der Waals surface area contributed by atoms with E-state index in [9.17, 15) is 8.42 Å². The molecule has 0 atom stereocenters. The van der Waals surface area contributed by atoms with Crippen LogP contribution in [0.25, 0.3) is 4.91 Å². The summed E-state index contributed by atoms with van der Waals surface area (Å²) in [6.45, 7) is 5.93. The zero-order valence-corrected chi connectivity index (χ0v) is 17.1. The average Bonchev–Trinajstić information content (AvgIpc) is 2.83. The van der Waals surface area contributed by atoms with Crippen molar-refractivity contribution in [2.24, 2.45) is 4.40 Å². The first-order valence-corrected chi connectivity index (χ1v) is 10.3. The average molecular weight is 405 g/mol. The third-order valence-corrected chi connectivity index (χ3v) is 6.20. The minimum absolute atomic E-state index is 0.222. The molecule has 0 saturated carbocycles. The van der Waals surface area contributed by atoms with Crippen molar-refractivity contribution >= 4 is 38.1 Å². The third kappa shape index (κ3) is 3.87. The van der Waals surface area contributed by atoms with Crippen LogP contribution < -0.4 is 10.1 Å². The number of hydrogen-bond acceptors (Lipinski definition) is 4. The van der Waals surface area contributed by atoms with Crippen molar-refractivity contribution < 1.29 is 13.2 Å². The highest BCUT2D eigenvalue weighted by Crippen LogP contribution is 2.34. The van der Waals surface area contributed by atoms with E-state index in [-0.39, 0.29) is 4.91 Å². The molecule has 0 radical (unpaired) electrons. The Bertz CT molecular complexity index is 1040. The van der Waals surface area contributed by atoms with E-state index < -0.39 is 10.0 Å². The molecule has 1 N–H and O–H groups in total. The van der Waals surface area contributed by atoms with Gasteiger partial charge in [0.15, 0.2) is 0 Å². The SMILES string of the molecule is COc1ccc(NC2=NS(=O)(=O)C(c3ccc(C(C)C)cc3)=C2C)cc1Cl. The number of benzene rings is 2. The van der Waals surface area contributed by atoms with Crippen molar-refractivity contribution in [3.63, 3.8) is 0 Å². The fourth-order valence-electron chi connectivity index (χ4n) is 2.92. The van der Waals surface area contributed by atoms with E-state index >= 15 is 0 Å². The van der Waals surface area contributed by atoms with Crippen LogP contribution >= 0.6 is 11.6 Å². The van der Waals surface area contributed by atoms with Crippen molar-refractivity contribution in [1.29, 1.82) is 0 Å². The second kappa shape index (κ2) is 7.37. The van der Waals surface area contributed by atoms with Gasteiger partial charge in [0.25, 0.3) is 10.0 Å². The Morgan fingerprint density at radius 2 is 1.78 bits per heavy atom. The number of sulfonamides is 1. The maximum absolute atomic E-state index is 12.6. The van der Waals surface area contributed by atoms with Gasteiger partial charge in [-0.15, -0.1) is 4.40 Å². The molecule has 0 fully saturated rings.